The van der Waals surface area contributed by atoms with Gasteiger partial charge in [-0.3, -0.25) is 0 Å². The maximum absolute atomic E-state index is 4.50. The Morgan fingerprint density at radius 2 is 1.41 bits per heavy atom. The minimum absolute atomic E-state index is 0. The van der Waals surface area contributed by atoms with Crippen LogP contribution in [-0.4, -0.2) is 15.0 Å². The highest BCUT2D eigenvalue weighted by atomic mass is 127. The fourth-order valence-corrected chi connectivity index (χ4v) is 3.08. The zero-order valence-electron chi connectivity index (χ0n) is 15.2. The van der Waals surface area contributed by atoms with Crippen molar-refractivity contribution in [3.8, 4) is 22.5 Å². The molecule has 5 heteroatoms. The molecule has 2 aromatic carbocycles. The molecule has 0 aliphatic rings. The van der Waals surface area contributed by atoms with Gasteiger partial charge in [-0.2, -0.15) is 0 Å². The van der Waals surface area contributed by atoms with Gasteiger partial charge in [0, 0.05) is 29.8 Å². The number of aryl methyl sites for hydroxylation is 3. The average molecular weight is 468 g/mol. The second-order valence-corrected chi connectivity index (χ2v) is 6.36. The molecule has 0 aliphatic heterocycles. The van der Waals surface area contributed by atoms with Gasteiger partial charge in [0.1, 0.15) is 12.7 Å². The number of benzene rings is 2. The molecular weight excluding hydrogens is 447 g/mol. The van der Waals surface area contributed by atoms with Gasteiger partial charge in [0.25, 0.3) is 0 Å². The molecule has 0 saturated carbocycles. The van der Waals surface area contributed by atoms with Gasteiger partial charge in [0.2, 0.25) is 0 Å². The lowest BCUT2D eigenvalue weighted by molar-refractivity contribution is -0.671. The predicted octanol–water partition coefficient (Wildman–Crippen LogP) is 0.683. The van der Waals surface area contributed by atoms with Crippen LogP contribution in [0.5, 0.6) is 0 Å². The smallest absolute Gasteiger partial charge is 0.168 e. The molecule has 0 aliphatic carbocycles. The van der Waals surface area contributed by atoms with E-state index in [4.69, 9.17) is 0 Å². The number of nitrogens with zero attached hydrogens (tertiary/aromatic N) is 4. The van der Waals surface area contributed by atoms with Gasteiger partial charge in [0.15, 0.2) is 12.4 Å². The number of pyridine rings is 1. The van der Waals surface area contributed by atoms with E-state index < -0.39 is 0 Å². The van der Waals surface area contributed by atoms with Crippen molar-refractivity contribution in [2.24, 2.45) is 7.05 Å². The van der Waals surface area contributed by atoms with Crippen LogP contribution in [0.15, 0.2) is 85.2 Å². The molecule has 0 fully saturated rings. The Morgan fingerprint density at radius 1 is 0.815 bits per heavy atom. The summed E-state index contributed by atoms with van der Waals surface area (Å²) in [5, 5.41) is 8.96. The van der Waals surface area contributed by atoms with Crippen LogP contribution in [0, 0.1) is 0 Å². The van der Waals surface area contributed by atoms with Gasteiger partial charge >= 0.3 is 0 Å². The molecule has 0 amide bonds. The van der Waals surface area contributed by atoms with Crippen molar-refractivity contribution in [3.05, 3.63) is 90.8 Å². The quantitative estimate of drug-likeness (QED) is 0.319. The summed E-state index contributed by atoms with van der Waals surface area (Å²) < 4.78 is 4.06. The molecule has 27 heavy (non-hydrogen) atoms. The van der Waals surface area contributed by atoms with Crippen molar-refractivity contribution in [1.29, 1.82) is 0 Å². The Bertz CT molecular complexity index is 980. The molecule has 2 heterocycles. The second kappa shape index (κ2) is 8.90. The zero-order valence-corrected chi connectivity index (χ0v) is 17.3. The van der Waals surface area contributed by atoms with Crippen molar-refractivity contribution >= 4 is 0 Å². The molecule has 0 radical (unpaired) electrons. The first-order valence-corrected chi connectivity index (χ1v) is 8.80. The van der Waals surface area contributed by atoms with Gasteiger partial charge in [-0.1, -0.05) is 65.9 Å². The van der Waals surface area contributed by atoms with E-state index in [0.717, 1.165) is 35.5 Å². The number of aromatic nitrogens is 4. The van der Waals surface area contributed by atoms with E-state index in [1.807, 2.05) is 40.6 Å². The van der Waals surface area contributed by atoms with Crippen LogP contribution in [0.4, 0.5) is 0 Å². The number of hydrogen-bond acceptors (Lipinski definition) is 2. The van der Waals surface area contributed by atoms with Gasteiger partial charge in [-0.25, -0.2) is 9.25 Å². The largest absolute Gasteiger partial charge is 1.00 e. The van der Waals surface area contributed by atoms with Crippen LogP contribution in [0.2, 0.25) is 0 Å². The lowest BCUT2D eigenvalue weighted by Crippen LogP contribution is -3.00. The van der Waals surface area contributed by atoms with Crippen LogP contribution in [0.1, 0.15) is 5.56 Å². The fraction of sp³-hybridized carbons (Fsp3) is 0.136. The lowest BCUT2D eigenvalue weighted by Gasteiger charge is -2.09. The molecule has 0 atom stereocenters. The first-order chi connectivity index (χ1) is 12.8. The van der Waals surface area contributed by atoms with Crippen molar-refractivity contribution in [1.82, 2.24) is 15.0 Å². The molecular formula is C22H21IN4. The number of rotatable bonds is 5. The Hall–Kier alpha value is -2.54. The Kier molecular flexibility index (Phi) is 6.34. The first kappa shape index (κ1) is 19.2. The highest BCUT2D eigenvalue weighted by molar-refractivity contribution is 5.77. The third-order valence-corrected chi connectivity index (χ3v) is 4.49. The van der Waals surface area contributed by atoms with E-state index in [2.05, 4.69) is 71.2 Å². The Morgan fingerprint density at radius 3 is 2.04 bits per heavy atom. The van der Waals surface area contributed by atoms with Crippen molar-refractivity contribution in [2.75, 3.05) is 0 Å². The molecule has 4 aromatic rings. The summed E-state index contributed by atoms with van der Waals surface area (Å²) in [6.45, 7) is 0.789. The van der Waals surface area contributed by atoms with E-state index in [1.54, 1.807) is 0 Å². The van der Waals surface area contributed by atoms with Gasteiger partial charge in [-0.15, -0.1) is 5.10 Å². The molecule has 2 aromatic heterocycles. The van der Waals surface area contributed by atoms with Crippen molar-refractivity contribution in [3.63, 3.8) is 0 Å². The summed E-state index contributed by atoms with van der Waals surface area (Å²) in [5.41, 5.74) is 5.51. The average Bonchev–Trinajstić information content (AvgIpc) is 3.13. The summed E-state index contributed by atoms with van der Waals surface area (Å²) in [5.74, 6) is 0. The highest BCUT2D eigenvalue weighted by Gasteiger charge is 2.16. The predicted molar refractivity (Wildman–Crippen MR) is 102 cm³/mol. The summed E-state index contributed by atoms with van der Waals surface area (Å²) >= 11 is 0. The maximum Gasteiger partial charge on any atom is 0.168 e. The highest BCUT2D eigenvalue weighted by Crippen LogP contribution is 2.30. The Labute approximate surface area is 176 Å². The van der Waals surface area contributed by atoms with Crippen LogP contribution >= 0.6 is 0 Å². The summed E-state index contributed by atoms with van der Waals surface area (Å²) in [6.07, 6.45) is 5.06. The topological polar surface area (TPSA) is 34.6 Å². The van der Waals surface area contributed by atoms with Gasteiger partial charge in [0.05, 0.1) is 5.69 Å². The third kappa shape index (κ3) is 4.42. The minimum atomic E-state index is 0. The third-order valence-electron chi connectivity index (χ3n) is 4.49. The number of hydrogen-bond donors (Lipinski definition) is 0. The minimum Gasteiger partial charge on any atom is -1.00 e. The van der Waals surface area contributed by atoms with Crippen LogP contribution < -0.4 is 28.5 Å². The SMILES string of the molecule is C[n+]1ccc(CCn2nnc(-c3ccccc3)c2-c2ccccc2)cc1.[I-]. The monoisotopic (exact) mass is 468 g/mol. The van der Waals surface area contributed by atoms with Crippen LogP contribution in [-0.2, 0) is 20.0 Å². The molecule has 0 N–H and O–H groups in total. The van der Waals surface area contributed by atoms with E-state index in [9.17, 15) is 0 Å². The standard InChI is InChI=1S/C22H21N4.HI/c1-25-15-12-18(13-16-25)14-17-26-22(20-10-6-3-7-11-20)21(23-24-26)19-8-4-2-5-9-19;/h2-13,15-16H,14,17H2,1H3;1H/q+1;/p-1. The molecule has 0 saturated heterocycles. The van der Waals surface area contributed by atoms with E-state index >= 15 is 0 Å². The normalized spacial score (nSPS) is 10.4. The van der Waals surface area contributed by atoms with Crippen LogP contribution in [0.25, 0.3) is 22.5 Å². The molecule has 4 rings (SSSR count). The molecule has 0 spiro atoms. The van der Waals surface area contributed by atoms with Crippen molar-refractivity contribution in [2.45, 2.75) is 13.0 Å². The molecule has 0 bridgehead atoms. The van der Waals surface area contributed by atoms with Gasteiger partial charge < -0.3 is 24.0 Å². The second-order valence-electron chi connectivity index (χ2n) is 6.36. The molecule has 136 valence electrons. The van der Waals surface area contributed by atoms with E-state index in [-0.39, 0.29) is 24.0 Å². The Balaban J connectivity index is 0.00000210. The zero-order chi connectivity index (χ0) is 17.8. The lowest BCUT2D eigenvalue weighted by atomic mass is 10.0. The summed E-state index contributed by atoms with van der Waals surface area (Å²) in [6, 6.07) is 24.9. The number of halogens is 1. The van der Waals surface area contributed by atoms with Crippen molar-refractivity contribution < 1.29 is 28.5 Å². The van der Waals surface area contributed by atoms with Crippen LogP contribution in [0.3, 0.4) is 0 Å². The first-order valence-electron chi connectivity index (χ1n) is 8.80. The van der Waals surface area contributed by atoms with E-state index in [0.29, 0.717) is 0 Å². The summed E-state index contributed by atoms with van der Waals surface area (Å²) in [4.78, 5) is 0. The fourth-order valence-electron chi connectivity index (χ4n) is 3.08. The molecule has 0 unspecified atom stereocenters. The summed E-state index contributed by atoms with van der Waals surface area (Å²) in [7, 11) is 2.03. The van der Waals surface area contributed by atoms with Gasteiger partial charge in [-0.05, 0) is 12.0 Å². The molecule has 4 nitrogen and oxygen atoms in total. The van der Waals surface area contributed by atoms with E-state index in [1.165, 1.54) is 5.56 Å². The maximum atomic E-state index is 4.50.